The Morgan fingerprint density at radius 2 is 1.97 bits per heavy atom. The van der Waals surface area contributed by atoms with Crippen LogP contribution in [-0.4, -0.2) is 16.2 Å². The second-order valence-electron chi connectivity index (χ2n) is 7.24. The summed E-state index contributed by atoms with van der Waals surface area (Å²) >= 11 is 3.85. The fraction of sp³-hybridized carbons (Fsp3) is 0.320. The monoisotopic (exact) mass is 419 g/mol. The number of carbonyl (C=O) groups is 1. The van der Waals surface area contributed by atoms with Crippen molar-refractivity contribution in [3.63, 3.8) is 0 Å². The van der Waals surface area contributed by atoms with Gasteiger partial charge in [-0.3, -0.25) is 9.36 Å². The topological polar surface area (TPSA) is 22.0 Å². The van der Waals surface area contributed by atoms with Gasteiger partial charge in [-0.25, -0.2) is 0 Å². The van der Waals surface area contributed by atoms with Crippen molar-refractivity contribution in [1.29, 1.82) is 0 Å². The van der Waals surface area contributed by atoms with E-state index in [1.165, 1.54) is 21.4 Å². The molecule has 1 aliphatic rings. The van der Waals surface area contributed by atoms with E-state index in [4.69, 9.17) is 6.42 Å². The summed E-state index contributed by atoms with van der Waals surface area (Å²) in [6.07, 6.45) is 9.78. The van der Waals surface area contributed by atoms with E-state index in [0.29, 0.717) is 6.42 Å². The third kappa shape index (κ3) is 3.86. The number of terminal acetylenes is 1. The zero-order valence-electron chi connectivity index (χ0n) is 16.7. The number of para-hydroxylation sites is 1. The zero-order valence-corrected chi connectivity index (χ0v) is 18.3. The minimum Gasteiger partial charge on any atom is -0.279 e. The summed E-state index contributed by atoms with van der Waals surface area (Å²) in [6, 6.07) is 16.9. The van der Waals surface area contributed by atoms with Crippen molar-refractivity contribution in [2.75, 3.05) is 5.75 Å². The molecule has 0 aliphatic carbocycles. The molecule has 0 fully saturated rings. The molecule has 0 saturated heterocycles. The Labute approximate surface area is 181 Å². The summed E-state index contributed by atoms with van der Waals surface area (Å²) in [5.41, 5.74) is 4.59. The van der Waals surface area contributed by atoms with Crippen molar-refractivity contribution in [2.45, 2.75) is 48.5 Å². The number of carbonyl (C=O) groups excluding carboxylic acids is 1. The van der Waals surface area contributed by atoms with Gasteiger partial charge in [0.1, 0.15) is 0 Å². The highest BCUT2D eigenvalue weighted by atomic mass is 32.2. The minimum absolute atomic E-state index is 0.196. The maximum atomic E-state index is 13.3. The van der Waals surface area contributed by atoms with Crippen molar-refractivity contribution >= 4 is 40.3 Å². The molecular formula is C25H25NOS2. The SMILES string of the molecule is C#CCCCSC1Sc2ccccc2-c2c1c1ccccc1n2C(=O)CCCC. The molecule has 3 aromatic rings. The van der Waals surface area contributed by atoms with Crippen LogP contribution in [0.4, 0.5) is 0 Å². The van der Waals surface area contributed by atoms with E-state index in [1.807, 2.05) is 34.2 Å². The Kier molecular flexibility index (Phi) is 6.37. The Morgan fingerprint density at radius 3 is 2.79 bits per heavy atom. The number of fused-ring (bicyclic) bond motifs is 5. The van der Waals surface area contributed by atoms with Crippen LogP contribution in [0.5, 0.6) is 0 Å². The van der Waals surface area contributed by atoms with Gasteiger partial charge in [0.25, 0.3) is 0 Å². The van der Waals surface area contributed by atoms with Crippen LogP contribution in [0.25, 0.3) is 22.2 Å². The number of hydrogen-bond donors (Lipinski definition) is 0. The van der Waals surface area contributed by atoms with E-state index in [2.05, 4.69) is 55.3 Å². The van der Waals surface area contributed by atoms with Crippen LogP contribution in [0.1, 0.15) is 54.0 Å². The van der Waals surface area contributed by atoms with E-state index in [0.717, 1.165) is 42.6 Å². The van der Waals surface area contributed by atoms with Crippen molar-refractivity contribution in [1.82, 2.24) is 4.57 Å². The Balaban J connectivity index is 1.88. The number of rotatable bonds is 7. The van der Waals surface area contributed by atoms with Crippen molar-refractivity contribution in [2.24, 2.45) is 0 Å². The van der Waals surface area contributed by atoms with Gasteiger partial charge in [-0.05, 0) is 30.7 Å². The minimum atomic E-state index is 0.196. The Morgan fingerprint density at radius 1 is 1.17 bits per heavy atom. The predicted octanol–water partition coefficient (Wildman–Crippen LogP) is 7.39. The molecule has 2 heterocycles. The van der Waals surface area contributed by atoms with Crippen LogP contribution >= 0.6 is 23.5 Å². The maximum absolute atomic E-state index is 13.3. The first kappa shape index (κ1) is 20.2. The van der Waals surface area contributed by atoms with E-state index in [1.54, 1.807) is 0 Å². The lowest BCUT2D eigenvalue weighted by atomic mass is 10.1. The van der Waals surface area contributed by atoms with Crippen LogP contribution < -0.4 is 0 Å². The normalized spacial score (nSPS) is 15.0. The first-order valence-electron chi connectivity index (χ1n) is 10.2. The third-order valence-corrected chi connectivity index (χ3v) is 8.07. The van der Waals surface area contributed by atoms with Crippen molar-refractivity contribution in [3.05, 3.63) is 54.1 Å². The van der Waals surface area contributed by atoms with Crippen molar-refractivity contribution in [3.8, 4) is 23.6 Å². The van der Waals surface area contributed by atoms with Gasteiger partial charge in [0, 0.05) is 34.3 Å². The molecular weight excluding hydrogens is 394 g/mol. The molecule has 0 amide bonds. The van der Waals surface area contributed by atoms with Gasteiger partial charge in [0.05, 0.1) is 15.8 Å². The standard InChI is InChI=1S/C25H25NOS2/c1-3-5-11-17-28-25-23-18-12-7-9-14-20(18)26(22(27)16-6-4-2)24(23)19-13-8-10-15-21(19)29-25/h1,7-10,12-15,25H,4-6,11,16-17H2,2H3. The van der Waals surface area contributed by atoms with Crippen LogP contribution in [-0.2, 0) is 0 Å². The highest BCUT2D eigenvalue weighted by molar-refractivity contribution is 8.16. The molecule has 29 heavy (non-hydrogen) atoms. The molecule has 0 bridgehead atoms. The number of nitrogens with zero attached hydrogens (tertiary/aromatic N) is 1. The molecule has 0 N–H and O–H groups in total. The second-order valence-corrected chi connectivity index (χ2v) is 9.89. The highest BCUT2D eigenvalue weighted by Crippen LogP contribution is 2.56. The number of aromatic nitrogens is 1. The molecule has 1 atom stereocenters. The van der Waals surface area contributed by atoms with Crippen LogP contribution in [0.15, 0.2) is 53.4 Å². The van der Waals surface area contributed by atoms with Gasteiger partial charge in [-0.15, -0.1) is 35.9 Å². The van der Waals surface area contributed by atoms with Gasteiger partial charge in [-0.2, -0.15) is 0 Å². The number of hydrogen-bond acceptors (Lipinski definition) is 3. The van der Waals surface area contributed by atoms with Crippen molar-refractivity contribution < 1.29 is 4.79 Å². The number of thioether (sulfide) groups is 2. The molecule has 1 unspecified atom stereocenters. The molecule has 0 radical (unpaired) electrons. The summed E-state index contributed by atoms with van der Waals surface area (Å²) in [4.78, 5) is 14.5. The third-order valence-electron chi connectivity index (χ3n) is 5.25. The van der Waals surface area contributed by atoms with Crippen LogP contribution in [0.3, 0.4) is 0 Å². The van der Waals surface area contributed by atoms with Gasteiger partial charge in [0.2, 0.25) is 5.91 Å². The van der Waals surface area contributed by atoms with Gasteiger partial charge >= 0.3 is 0 Å². The zero-order chi connectivity index (χ0) is 20.2. The van der Waals surface area contributed by atoms with E-state index < -0.39 is 0 Å². The molecule has 2 aromatic carbocycles. The molecule has 1 aromatic heterocycles. The first-order valence-corrected chi connectivity index (χ1v) is 12.2. The summed E-state index contributed by atoms with van der Waals surface area (Å²) in [7, 11) is 0. The number of unbranched alkanes of at least 4 members (excludes halogenated alkanes) is 2. The smallest absolute Gasteiger partial charge is 0.231 e. The molecule has 4 heteroatoms. The van der Waals surface area contributed by atoms with E-state index in [9.17, 15) is 4.79 Å². The molecule has 148 valence electrons. The second kappa shape index (κ2) is 9.15. The quantitative estimate of drug-likeness (QED) is 0.294. The Bertz CT molecular complexity index is 1080. The summed E-state index contributed by atoms with van der Waals surface area (Å²) in [5.74, 6) is 3.96. The summed E-state index contributed by atoms with van der Waals surface area (Å²) < 4.78 is 2.26. The van der Waals surface area contributed by atoms with Crippen LogP contribution in [0.2, 0.25) is 0 Å². The molecule has 1 aliphatic heterocycles. The fourth-order valence-corrected chi connectivity index (χ4v) is 6.73. The average molecular weight is 420 g/mol. The highest BCUT2D eigenvalue weighted by Gasteiger charge is 2.33. The molecule has 4 rings (SSSR count). The lowest BCUT2D eigenvalue weighted by Gasteiger charge is -2.26. The summed E-state index contributed by atoms with van der Waals surface area (Å²) in [5, 5.41) is 1.20. The lowest BCUT2D eigenvalue weighted by molar-refractivity contribution is 0.0907. The molecule has 0 saturated carbocycles. The maximum Gasteiger partial charge on any atom is 0.231 e. The molecule has 2 nitrogen and oxygen atoms in total. The molecule has 0 spiro atoms. The largest absolute Gasteiger partial charge is 0.279 e. The van der Waals surface area contributed by atoms with E-state index >= 15 is 0 Å². The summed E-state index contributed by atoms with van der Waals surface area (Å²) in [6.45, 7) is 2.13. The van der Waals surface area contributed by atoms with Gasteiger partial charge in [-0.1, -0.05) is 49.7 Å². The first-order chi connectivity index (χ1) is 14.3. The van der Waals surface area contributed by atoms with Gasteiger partial charge < -0.3 is 0 Å². The Hall–Kier alpha value is -2.09. The fourth-order valence-electron chi connectivity index (χ4n) is 3.89. The predicted molar refractivity (Wildman–Crippen MR) is 127 cm³/mol. The van der Waals surface area contributed by atoms with E-state index in [-0.39, 0.29) is 10.5 Å². The lowest BCUT2D eigenvalue weighted by Crippen LogP contribution is -2.13. The number of benzene rings is 2. The van der Waals surface area contributed by atoms with Crippen LogP contribution in [0, 0.1) is 12.3 Å². The average Bonchev–Trinajstić information content (AvgIpc) is 3.11. The van der Waals surface area contributed by atoms with Gasteiger partial charge in [0.15, 0.2) is 0 Å².